The highest BCUT2D eigenvalue weighted by molar-refractivity contribution is 6.22. The van der Waals surface area contributed by atoms with Crippen LogP contribution in [0, 0.1) is 0 Å². The first kappa shape index (κ1) is 16.9. The first-order chi connectivity index (χ1) is 13.6. The van der Waals surface area contributed by atoms with Gasteiger partial charge < -0.3 is 14.7 Å². The molecule has 0 aliphatic carbocycles. The van der Waals surface area contributed by atoms with E-state index >= 15 is 0 Å². The number of amides is 2. The number of hydrogen-bond donors (Lipinski definition) is 1. The Hall–Kier alpha value is -3.19. The number of para-hydroxylation sites is 1. The molecule has 0 bridgehead atoms. The maximum Gasteiger partial charge on any atom is 0.314 e. The first-order valence-corrected chi connectivity index (χ1v) is 9.21. The van der Waals surface area contributed by atoms with Crippen LogP contribution in [0.3, 0.4) is 0 Å². The Balaban J connectivity index is 1.81. The molecule has 2 aromatic rings. The van der Waals surface area contributed by atoms with E-state index in [1.807, 2.05) is 0 Å². The maximum atomic E-state index is 13.9. The highest BCUT2D eigenvalue weighted by Gasteiger charge is 2.68. The highest BCUT2D eigenvalue weighted by atomic mass is 16.5. The largest absolute Gasteiger partial charge is 0.481 e. The quantitative estimate of drug-likeness (QED) is 0.857. The summed E-state index contributed by atoms with van der Waals surface area (Å²) in [5.74, 6) is -3.00. The van der Waals surface area contributed by atoms with Crippen LogP contribution in [0.2, 0.25) is 0 Å². The van der Waals surface area contributed by atoms with E-state index in [-0.39, 0.29) is 11.8 Å². The van der Waals surface area contributed by atoms with Crippen LogP contribution in [0.5, 0.6) is 0 Å². The Morgan fingerprint density at radius 2 is 1.71 bits per heavy atom. The Bertz CT molecular complexity index is 1010. The van der Waals surface area contributed by atoms with Gasteiger partial charge in [0.15, 0.2) is 5.54 Å². The van der Waals surface area contributed by atoms with Crippen molar-refractivity contribution in [1.29, 1.82) is 0 Å². The number of anilines is 1. The molecule has 3 aliphatic rings. The molecule has 1 N–H and O–H groups in total. The lowest BCUT2D eigenvalue weighted by atomic mass is 9.76. The van der Waals surface area contributed by atoms with E-state index in [1.54, 1.807) is 53.4 Å². The van der Waals surface area contributed by atoms with E-state index in [4.69, 9.17) is 4.74 Å². The van der Waals surface area contributed by atoms with Crippen molar-refractivity contribution in [3.63, 3.8) is 0 Å². The van der Waals surface area contributed by atoms with Crippen molar-refractivity contribution in [2.75, 3.05) is 31.2 Å². The van der Waals surface area contributed by atoms with Gasteiger partial charge in [0.25, 0.3) is 11.8 Å². The van der Waals surface area contributed by atoms with Gasteiger partial charge in [-0.25, -0.2) is 0 Å². The van der Waals surface area contributed by atoms with Crippen LogP contribution in [-0.2, 0) is 19.9 Å². The summed E-state index contributed by atoms with van der Waals surface area (Å²) in [7, 11) is 0. The zero-order valence-corrected chi connectivity index (χ0v) is 15.0. The van der Waals surface area contributed by atoms with Crippen LogP contribution in [0.4, 0.5) is 5.69 Å². The van der Waals surface area contributed by atoms with Crippen molar-refractivity contribution < 1.29 is 24.2 Å². The fourth-order valence-corrected chi connectivity index (χ4v) is 4.80. The number of morpholine rings is 1. The molecule has 0 saturated carbocycles. The third-order valence-electron chi connectivity index (χ3n) is 5.90. The van der Waals surface area contributed by atoms with Gasteiger partial charge in [-0.15, -0.1) is 0 Å². The molecule has 2 aromatic carbocycles. The molecule has 0 radical (unpaired) electrons. The number of carboxylic acids is 1. The number of aliphatic carboxylic acids is 1. The van der Waals surface area contributed by atoms with Gasteiger partial charge in [-0.3, -0.25) is 19.3 Å². The van der Waals surface area contributed by atoms with Gasteiger partial charge in [0.1, 0.15) is 5.92 Å². The fraction of sp³-hybridized carbons (Fsp3) is 0.286. The number of nitrogens with zero attached hydrogens (tertiary/aromatic N) is 2. The molecule has 142 valence electrons. The van der Waals surface area contributed by atoms with Gasteiger partial charge in [-0.1, -0.05) is 36.4 Å². The second kappa shape index (κ2) is 5.90. The lowest BCUT2D eigenvalue weighted by molar-refractivity contribution is -0.149. The second-order valence-corrected chi connectivity index (χ2v) is 7.19. The van der Waals surface area contributed by atoms with Crippen LogP contribution in [0.1, 0.15) is 27.4 Å². The molecule has 0 aromatic heterocycles. The summed E-state index contributed by atoms with van der Waals surface area (Å²) in [6.07, 6.45) is 0. The predicted molar refractivity (Wildman–Crippen MR) is 99.1 cm³/mol. The van der Waals surface area contributed by atoms with Crippen LogP contribution in [0.15, 0.2) is 48.5 Å². The third kappa shape index (κ3) is 1.94. The SMILES string of the molecule is O=C(O)C1c2ccccc2N2C(=O)c3ccccc3C12C(=O)N1CCOCC1. The third-order valence-corrected chi connectivity index (χ3v) is 5.90. The molecule has 3 heterocycles. The summed E-state index contributed by atoms with van der Waals surface area (Å²) < 4.78 is 5.36. The molecule has 3 aliphatic heterocycles. The maximum absolute atomic E-state index is 13.9. The summed E-state index contributed by atoms with van der Waals surface area (Å²) >= 11 is 0. The summed E-state index contributed by atoms with van der Waals surface area (Å²) in [5.41, 5.74) is 0.197. The number of fused-ring (bicyclic) bond motifs is 5. The monoisotopic (exact) mass is 378 g/mol. The molecular formula is C21H18N2O5. The minimum atomic E-state index is -1.61. The molecule has 7 nitrogen and oxygen atoms in total. The smallest absolute Gasteiger partial charge is 0.314 e. The summed E-state index contributed by atoms with van der Waals surface area (Å²) in [6.45, 7) is 1.52. The van der Waals surface area contributed by atoms with E-state index in [9.17, 15) is 19.5 Å². The molecule has 2 unspecified atom stereocenters. The zero-order chi connectivity index (χ0) is 19.5. The van der Waals surface area contributed by atoms with Crippen LogP contribution in [-0.4, -0.2) is 54.1 Å². The standard InChI is InChI=1S/C21H18N2O5/c24-18-13-5-1-3-7-15(13)21(20(27)22-9-11-28-12-10-22)17(19(25)26)14-6-2-4-8-16(14)23(18)21/h1-8,17H,9-12H2,(H,25,26). The second-order valence-electron chi connectivity index (χ2n) is 7.19. The van der Waals surface area contributed by atoms with Crippen molar-refractivity contribution in [3.05, 3.63) is 65.2 Å². The molecule has 7 heteroatoms. The Labute approximate surface area is 161 Å². The number of ether oxygens (including phenoxy) is 1. The van der Waals surface area contributed by atoms with E-state index in [1.165, 1.54) is 4.90 Å². The lowest BCUT2D eigenvalue weighted by Gasteiger charge is -2.40. The normalized spacial score (nSPS) is 25.3. The number of carboxylic acid groups (broad SMARTS) is 1. The van der Waals surface area contributed by atoms with E-state index in [2.05, 4.69) is 0 Å². The molecule has 0 spiro atoms. The predicted octanol–water partition coefficient (Wildman–Crippen LogP) is 1.58. The van der Waals surface area contributed by atoms with Crippen LogP contribution < -0.4 is 4.90 Å². The van der Waals surface area contributed by atoms with Crippen molar-refractivity contribution >= 4 is 23.5 Å². The Kier molecular flexibility index (Phi) is 3.57. The van der Waals surface area contributed by atoms with Crippen LogP contribution in [0.25, 0.3) is 0 Å². The van der Waals surface area contributed by atoms with Gasteiger partial charge in [-0.2, -0.15) is 0 Å². The number of benzene rings is 2. The Morgan fingerprint density at radius 1 is 1.04 bits per heavy atom. The van der Waals surface area contributed by atoms with E-state index < -0.39 is 17.4 Å². The van der Waals surface area contributed by atoms with Gasteiger partial charge in [0.05, 0.1) is 13.2 Å². The summed E-state index contributed by atoms with van der Waals surface area (Å²) in [6, 6.07) is 13.7. The minimum Gasteiger partial charge on any atom is -0.481 e. The first-order valence-electron chi connectivity index (χ1n) is 9.21. The molecule has 28 heavy (non-hydrogen) atoms. The van der Waals surface area contributed by atoms with Crippen LogP contribution >= 0.6 is 0 Å². The van der Waals surface area contributed by atoms with Gasteiger partial charge in [-0.05, 0) is 17.7 Å². The summed E-state index contributed by atoms with van der Waals surface area (Å²) in [4.78, 5) is 42.8. The molecule has 1 saturated heterocycles. The zero-order valence-electron chi connectivity index (χ0n) is 15.0. The minimum absolute atomic E-state index is 0.339. The number of carbonyl (C=O) groups excluding carboxylic acids is 2. The Morgan fingerprint density at radius 3 is 2.46 bits per heavy atom. The average Bonchev–Trinajstić information content (AvgIpc) is 3.18. The van der Waals surface area contributed by atoms with Crippen molar-refractivity contribution in [1.82, 2.24) is 4.90 Å². The van der Waals surface area contributed by atoms with E-state index in [0.717, 1.165) is 0 Å². The number of carbonyl (C=O) groups is 3. The molecule has 1 fully saturated rings. The van der Waals surface area contributed by atoms with Gasteiger partial charge in [0, 0.05) is 29.9 Å². The molecular weight excluding hydrogens is 360 g/mol. The summed E-state index contributed by atoms with van der Waals surface area (Å²) in [5, 5.41) is 10.2. The van der Waals surface area contributed by atoms with Gasteiger partial charge >= 0.3 is 5.97 Å². The highest BCUT2D eigenvalue weighted by Crippen LogP contribution is 2.58. The molecule has 2 amide bonds. The van der Waals surface area contributed by atoms with Crippen molar-refractivity contribution in [2.45, 2.75) is 11.5 Å². The average molecular weight is 378 g/mol. The number of rotatable bonds is 2. The topological polar surface area (TPSA) is 87.2 Å². The lowest BCUT2D eigenvalue weighted by Crippen LogP contribution is -2.59. The van der Waals surface area contributed by atoms with Gasteiger partial charge in [0.2, 0.25) is 0 Å². The number of hydrogen-bond acceptors (Lipinski definition) is 4. The fourth-order valence-electron chi connectivity index (χ4n) is 4.80. The molecule has 5 rings (SSSR count). The molecule has 2 atom stereocenters. The van der Waals surface area contributed by atoms with Crippen molar-refractivity contribution in [3.8, 4) is 0 Å². The van der Waals surface area contributed by atoms with Crippen molar-refractivity contribution in [2.24, 2.45) is 0 Å². The van der Waals surface area contributed by atoms with E-state index in [0.29, 0.717) is 48.7 Å².